The maximum absolute atomic E-state index is 11.0. The number of hydrogen-bond acceptors (Lipinski definition) is 4. The SMILES string of the molecule is CCCCCOC(=O)N=NC(=O)O[SiH2]CCC. The van der Waals surface area contributed by atoms with Gasteiger partial charge >= 0.3 is 12.2 Å². The highest BCUT2D eigenvalue weighted by Gasteiger charge is 2.03. The van der Waals surface area contributed by atoms with E-state index in [4.69, 9.17) is 9.16 Å². The lowest BCUT2D eigenvalue weighted by Crippen LogP contribution is -2.05. The van der Waals surface area contributed by atoms with Crippen molar-refractivity contribution in [2.45, 2.75) is 45.6 Å². The van der Waals surface area contributed by atoms with Crippen LogP contribution in [0.2, 0.25) is 6.04 Å². The summed E-state index contributed by atoms with van der Waals surface area (Å²) >= 11 is 0. The highest BCUT2D eigenvalue weighted by Crippen LogP contribution is 1.96. The summed E-state index contributed by atoms with van der Waals surface area (Å²) in [6.07, 6.45) is 2.19. The van der Waals surface area contributed by atoms with E-state index in [-0.39, 0.29) is 0 Å². The first-order valence-electron chi connectivity index (χ1n) is 5.96. The van der Waals surface area contributed by atoms with E-state index in [9.17, 15) is 9.59 Å². The Morgan fingerprint density at radius 2 is 1.76 bits per heavy atom. The van der Waals surface area contributed by atoms with Crippen LogP contribution < -0.4 is 0 Å². The molecular formula is C10H20N2O4Si. The van der Waals surface area contributed by atoms with Crippen molar-refractivity contribution >= 4 is 21.9 Å². The lowest BCUT2D eigenvalue weighted by Gasteiger charge is -1.99. The minimum atomic E-state index is -0.859. The van der Waals surface area contributed by atoms with E-state index in [1.807, 2.05) is 6.92 Å². The number of rotatable bonds is 7. The fourth-order valence-corrected chi connectivity index (χ4v) is 1.62. The maximum Gasteiger partial charge on any atom is 0.452 e. The van der Waals surface area contributed by atoms with Gasteiger partial charge in [0.2, 0.25) is 9.76 Å². The second kappa shape index (κ2) is 11.2. The zero-order valence-corrected chi connectivity index (χ0v) is 11.9. The fourth-order valence-electron chi connectivity index (χ4n) is 0.955. The number of hydrogen-bond donors (Lipinski definition) is 0. The summed E-state index contributed by atoms with van der Waals surface area (Å²) in [6, 6.07) is 0.905. The van der Waals surface area contributed by atoms with Crippen LogP contribution >= 0.6 is 0 Å². The molecule has 0 aliphatic carbocycles. The predicted octanol–water partition coefficient (Wildman–Crippen LogP) is 2.81. The van der Waals surface area contributed by atoms with E-state index in [0.717, 1.165) is 31.7 Å². The van der Waals surface area contributed by atoms with Gasteiger partial charge in [0.15, 0.2) is 0 Å². The minimum Gasteiger partial charge on any atom is -0.507 e. The molecule has 0 saturated carbocycles. The van der Waals surface area contributed by atoms with Crippen LogP contribution in [-0.2, 0) is 9.16 Å². The first-order chi connectivity index (χ1) is 8.20. The van der Waals surface area contributed by atoms with Gasteiger partial charge in [-0.15, -0.1) is 0 Å². The first kappa shape index (κ1) is 15.8. The van der Waals surface area contributed by atoms with E-state index < -0.39 is 21.9 Å². The molecule has 0 aromatic carbocycles. The van der Waals surface area contributed by atoms with Crippen molar-refractivity contribution in [3.63, 3.8) is 0 Å². The topological polar surface area (TPSA) is 77.3 Å². The fraction of sp³-hybridized carbons (Fsp3) is 0.800. The Balaban J connectivity index is 3.60. The predicted molar refractivity (Wildman–Crippen MR) is 65.9 cm³/mol. The molecule has 0 bridgehead atoms. The average Bonchev–Trinajstić information content (AvgIpc) is 2.32. The van der Waals surface area contributed by atoms with Crippen LogP contribution in [-0.4, -0.2) is 28.6 Å². The summed E-state index contributed by atoms with van der Waals surface area (Å²) in [7, 11) is -0.859. The summed E-state index contributed by atoms with van der Waals surface area (Å²) in [5, 5.41) is 6.23. The van der Waals surface area contributed by atoms with Crippen molar-refractivity contribution in [2.24, 2.45) is 10.2 Å². The molecule has 0 saturated heterocycles. The molecule has 7 heteroatoms. The number of unbranched alkanes of at least 4 members (excludes halogenated alkanes) is 2. The molecule has 0 aromatic rings. The smallest absolute Gasteiger partial charge is 0.452 e. The van der Waals surface area contributed by atoms with Gasteiger partial charge in [-0.3, -0.25) is 0 Å². The Hall–Kier alpha value is -1.24. The Morgan fingerprint density at radius 1 is 1.06 bits per heavy atom. The molecule has 0 fully saturated rings. The normalized spacial score (nSPS) is 11.2. The number of carbonyl (C=O) groups is 2. The molecule has 0 atom stereocenters. The summed E-state index contributed by atoms with van der Waals surface area (Å²) in [4.78, 5) is 21.9. The molecule has 0 N–H and O–H groups in total. The van der Waals surface area contributed by atoms with Gasteiger partial charge in [0.25, 0.3) is 0 Å². The summed E-state index contributed by atoms with van der Waals surface area (Å²) in [5.41, 5.74) is 0. The summed E-state index contributed by atoms with van der Waals surface area (Å²) < 4.78 is 9.53. The molecule has 0 spiro atoms. The zero-order chi connectivity index (χ0) is 12.9. The van der Waals surface area contributed by atoms with Gasteiger partial charge in [-0.05, 0) is 12.5 Å². The average molecular weight is 260 g/mol. The number of nitrogens with zero attached hydrogens (tertiary/aromatic N) is 2. The van der Waals surface area contributed by atoms with Crippen LogP contribution in [0, 0.1) is 0 Å². The minimum absolute atomic E-state index is 0.311. The van der Waals surface area contributed by atoms with Crippen molar-refractivity contribution in [3.05, 3.63) is 0 Å². The van der Waals surface area contributed by atoms with Gasteiger partial charge in [0.05, 0.1) is 6.61 Å². The molecule has 6 nitrogen and oxygen atoms in total. The number of azo groups is 1. The van der Waals surface area contributed by atoms with Gasteiger partial charge in [-0.2, -0.15) is 0 Å². The lowest BCUT2D eigenvalue weighted by molar-refractivity contribution is 0.152. The number of carbonyl (C=O) groups excluding carboxylic acids is 2. The maximum atomic E-state index is 11.0. The molecule has 0 heterocycles. The summed E-state index contributed by atoms with van der Waals surface area (Å²) in [6.45, 7) is 4.37. The molecule has 98 valence electrons. The van der Waals surface area contributed by atoms with Crippen LogP contribution in [0.1, 0.15) is 39.5 Å². The largest absolute Gasteiger partial charge is 0.507 e. The van der Waals surface area contributed by atoms with Crippen LogP contribution in [0.15, 0.2) is 10.2 Å². The van der Waals surface area contributed by atoms with Crippen LogP contribution in [0.3, 0.4) is 0 Å². The van der Waals surface area contributed by atoms with Gasteiger partial charge in [0, 0.05) is 0 Å². The van der Waals surface area contributed by atoms with Crippen molar-refractivity contribution in [2.75, 3.05) is 6.61 Å². The van der Waals surface area contributed by atoms with E-state index in [0.29, 0.717) is 6.61 Å². The van der Waals surface area contributed by atoms with Gasteiger partial charge < -0.3 is 9.16 Å². The third-order valence-corrected chi connectivity index (χ3v) is 3.36. The molecular weight excluding hydrogens is 240 g/mol. The second-order valence-electron chi connectivity index (χ2n) is 3.49. The first-order valence-corrected chi connectivity index (χ1v) is 7.53. The zero-order valence-electron chi connectivity index (χ0n) is 10.5. The van der Waals surface area contributed by atoms with Crippen molar-refractivity contribution in [3.8, 4) is 0 Å². The van der Waals surface area contributed by atoms with Gasteiger partial charge in [-0.25, -0.2) is 9.59 Å². The van der Waals surface area contributed by atoms with Crippen LogP contribution in [0.25, 0.3) is 0 Å². The highest BCUT2D eigenvalue weighted by molar-refractivity contribution is 6.30. The molecule has 2 amide bonds. The Kier molecular flexibility index (Phi) is 10.4. The van der Waals surface area contributed by atoms with Crippen molar-refractivity contribution in [1.82, 2.24) is 0 Å². The Bertz CT molecular complexity index is 259. The molecule has 0 radical (unpaired) electrons. The van der Waals surface area contributed by atoms with Crippen molar-refractivity contribution in [1.29, 1.82) is 0 Å². The second-order valence-corrected chi connectivity index (χ2v) is 4.89. The Labute approximate surface area is 104 Å². The standard InChI is InChI=1S/C10H20N2O4Si/c1-3-5-6-7-15-9(13)11-12-10(14)16-17-8-4-2/h3-8,17H2,1-2H3. The van der Waals surface area contributed by atoms with E-state index in [1.165, 1.54) is 0 Å². The van der Waals surface area contributed by atoms with Gasteiger partial charge in [-0.1, -0.05) is 43.3 Å². The molecule has 0 unspecified atom stereocenters. The van der Waals surface area contributed by atoms with Crippen LogP contribution in [0.4, 0.5) is 9.59 Å². The quantitative estimate of drug-likeness (QED) is 0.400. The Morgan fingerprint density at radius 3 is 2.41 bits per heavy atom. The highest BCUT2D eigenvalue weighted by atomic mass is 28.2. The van der Waals surface area contributed by atoms with Crippen molar-refractivity contribution < 1.29 is 18.8 Å². The van der Waals surface area contributed by atoms with E-state index in [1.54, 1.807) is 0 Å². The lowest BCUT2D eigenvalue weighted by atomic mass is 10.3. The summed E-state index contributed by atoms with van der Waals surface area (Å²) in [5.74, 6) is 0. The molecule has 0 rings (SSSR count). The molecule has 17 heavy (non-hydrogen) atoms. The van der Waals surface area contributed by atoms with E-state index in [2.05, 4.69) is 17.2 Å². The van der Waals surface area contributed by atoms with E-state index >= 15 is 0 Å². The number of ether oxygens (including phenoxy) is 1. The van der Waals surface area contributed by atoms with Crippen LogP contribution in [0.5, 0.6) is 0 Å². The molecule has 0 aromatic heterocycles. The third kappa shape index (κ3) is 11.0. The number of amides is 2. The molecule has 0 aliphatic heterocycles. The molecule has 0 aliphatic rings. The van der Waals surface area contributed by atoms with Gasteiger partial charge in [0.1, 0.15) is 0 Å². The third-order valence-electron chi connectivity index (χ3n) is 1.91. The monoisotopic (exact) mass is 260 g/mol.